The van der Waals surface area contributed by atoms with Gasteiger partial charge in [-0.25, -0.2) is 0 Å². The first-order valence-electron chi connectivity index (χ1n) is 6.62. The second-order valence-electron chi connectivity index (χ2n) is 5.43. The molecule has 0 unspecified atom stereocenters. The summed E-state index contributed by atoms with van der Waals surface area (Å²) in [5, 5.41) is 4.27. The first-order valence-corrected chi connectivity index (χ1v) is 7.00. The predicted octanol–water partition coefficient (Wildman–Crippen LogP) is 4.33. The Labute approximate surface area is 124 Å². The maximum absolute atomic E-state index is 7.03. The molecule has 2 aromatic carbocycles. The number of rotatable bonds is 2. The third-order valence-corrected chi connectivity index (χ3v) is 4.59. The van der Waals surface area contributed by atoms with Crippen molar-refractivity contribution in [2.24, 2.45) is 5.16 Å². The molecule has 0 saturated heterocycles. The van der Waals surface area contributed by atoms with E-state index in [1.54, 1.807) is 0 Å². The van der Waals surface area contributed by atoms with E-state index in [2.05, 4.69) is 5.16 Å². The lowest BCUT2D eigenvalue weighted by Crippen LogP contribution is -2.45. The molecule has 0 aromatic heterocycles. The zero-order valence-corrected chi connectivity index (χ0v) is 12.3. The second kappa shape index (κ2) is 4.64. The van der Waals surface area contributed by atoms with Gasteiger partial charge in [-0.2, -0.15) is 0 Å². The fraction of sp³-hybridized carbons (Fsp3) is 0.235. The molecule has 0 saturated carbocycles. The molecule has 2 aromatic rings. The molecule has 3 heteroatoms. The van der Waals surface area contributed by atoms with Crippen molar-refractivity contribution in [3.05, 3.63) is 71.8 Å². The van der Waals surface area contributed by atoms with Crippen LogP contribution in [-0.2, 0) is 9.71 Å². The van der Waals surface area contributed by atoms with E-state index in [0.717, 1.165) is 16.8 Å². The van der Waals surface area contributed by atoms with Gasteiger partial charge in [0.05, 0.1) is 0 Å². The van der Waals surface area contributed by atoms with Gasteiger partial charge in [0.2, 0.25) is 0 Å². The zero-order valence-electron chi connectivity index (χ0n) is 11.5. The fourth-order valence-corrected chi connectivity index (χ4v) is 2.87. The molecule has 0 spiro atoms. The highest BCUT2D eigenvalue weighted by Crippen LogP contribution is 2.48. The molecule has 1 aliphatic heterocycles. The van der Waals surface area contributed by atoms with Crippen LogP contribution in [0.3, 0.4) is 0 Å². The van der Waals surface area contributed by atoms with Crippen molar-refractivity contribution in [2.45, 2.75) is 24.3 Å². The number of hydrogen-bond acceptors (Lipinski definition) is 2. The second-order valence-corrected chi connectivity index (χ2v) is 6.00. The smallest absolute Gasteiger partial charge is 0.161 e. The highest BCUT2D eigenvalue weighted by molar-refractivity contribution is 6.40. The first kappa shape index (κ1) is 13.2. The average Bonchev–Trinajstić information content (AvgIpc) is 2.73. The van der Waals surface area contributed by atoms with Gasteiger partial charge in [-0.05, 0) is 19.4 Å². The lowest BCUT2D eigenvalue weighted by Gasteiger charge is -2.34. The van der Waals surface area contributed by atoms with E-state index in [-0.39, 0.29) is 0 Å². The molecule has 0 fully saturated rings. The molecule has 102 valence electrons. The molecule has 2 nitrogen and oxygen atoms in total. The van der Waals surface area contributed by atoms with E-state index in [1.807, 2.05) is 74.5 Å². The summed E-state index contributed by atoms with van der Waals surface area (Å²) in [7, 11) is 0. The van der Waals surface area contributed by atoms with Crippen LogP contribution in [0.5, 0.6) is 0 Å². The Morgan fingerprint density at radius 2 is 1.45 bits per heavy atom. The maximum Gasteiger partial charge on any atom is 0.161 e. The SMILES string of the molecule is CC1(C)ON=C(c2ccccc2)[C@@]1(Cl)c1ccccc1. The van der Waals surface area contributed by atoms with Crippen LogP contribution >= 0.6 is 11.6 Å². The number of nitrogens with zero attached hydrogens (tertiary/aromatic N) is 1. The predicted molar refractivity (Wildman–Crippen MR) is 82.1 cm³/mol. The van der Waals surface area contributed by atoms with Gasteiger partial charge in [0.25, 0.3) is 0 Å². The first-order chi connectivity index (χ1) is 9.56. The highest BCUT2D eigenvalue weighted by atomic mass is 35.5. The van der Waals surface area contributed by atoms with Crippen molar-refractivity contribution in [2.75, 3.05) is 0 Å². The maximum atomic E-state index is 7.03. The Balaban J connectivity index is 2.17. The molecule has 3 rings (SSSR count). The van der Waals surface area contributed by atoms with Crippen LogP contribution in [0.15, 0.2) is 65.8 Å². The summed E-state index contributed by atoms with van der Waals surface area (Å²) in [4.78, 5) is 4.84. The van der Waals surface area contributed by atoms with E-state index in [1.165, 1.54) is 0 Å². The third kappa shape index (κ3) is 1.83. The van der Waals surface area contributed by atoms with E-state index in [0.29, 0.717) is 0 Å². The van der Waals surface area contributed by atoms with Crippen molar-refractivity contribution < 1.29 is 4.84 Å². The number of oxime groups is 1. The van der Waals surface area contributed by atoms with Crippen LogP contribution in [-0.4, -0.2) is 11.3 Å². The lowest BCUT2D eigenvalue weighted by molar-refractivity contribution is -0.00741. The van der Waals surface area contributed by atoms with Crippen molar-refractivity contribution in [1.82, 2.24) is 0 Å². The summed E-state index contributed by atoms with van der Waals surface area (Å²) >= 11 is 7.03. The molecule has 0 bridgehead atoms. The lowest BCUT2D eigenvalue weighted by atomic mass is 9.78. The number of alkyl halides is 1. The molecule has 1 atom stereocenters. The average molecular weight is 286 g/mol. The van der Waals surface area contributed by atoms with Crippen LogP contribution in [0.1, 0.15) is 25.0 Å². The molecule has 0 radical (unpaired) electrons. The number of benzene rings is 2. The van der Waals surface area contributed by atoms with Gasteiger partial charge in [0.1, 0.15) is 5.71 Å². The van der Waals surface area contributed by atoms with E-state index >= 15 is 0 Å². The van der Waals surface area contributed by atoms with E-state index in [9.17, 15) is 0 Å². The monoisotopic (exact) mass is 285 g/mol. The van der Waals surface area contributed by atoms with Crippen LogP contribution in [0.2, 0.25) is 0 Å². The Morgan fingerprint density at radius 1 is 0.900 bits per heavy atom. The summed E-state index contributed by atoms with van der Waals surface area (Å²) in [6, 6.07) is 19.9. The molecule has 0 N–H and O–H groups in total. The standard InChI is InChI=1S/C17H16ClNO/c1-16(2)17(18,14-11-7-4-8-12-14)15(19-20-16)13-9-5-3-6-10-13/h3-12H,1-2H3/t17-/m0/s1. The molecule has 20 heavy (non-hydrogen) atoms. The number of halogens is 1. The fourth-order valence-electron chi connectivity index (χ4n) is 2.57. The minimum Gasteiger partial charge on any atom is -0.387 e. The summed E-state index contributed by atoms with van der Waals surface area (Å²) in [6.45, 7) is 3.93. The molecular weight excluding hydrogens is 270 g/mol. The number of hydrogen-bond donors (Lipinski definition) is 0. The van der Waals surface area contributed by atoms with Gasteiger partial charge >= 0.3 is 0 Å². The highest BCUT2D eigenvalue weighted by Gasteiger charge is 2.56. The Hall–Kier alpha value is -1.80. The van der Waals surface area contributed by atoms with E-state index in [4.69, 9.17) is 16.4 Å². The van der Waals surface area contributed by atoms with Crippen molar-refractivity contribution in [1.29, 1.82) is 0 Å². The van der Waals surface area contributed by atoms with Crippen molar-refractivity contribution >= 4 is 17.3 Å². The molecule has 0 amide bonds. The Bertz CT molecular complexity index is 637. The van der Waals surface area contributed by atoms with Crippen molar-refractivity contribution in [3.8, 4) is 0 Å². The minimum atomic E-state index is -0.796. The third-order valence-electron chi connectivity index (χ3n) is 3.74. The van der Waals surface area contributed by atoms with Gasteiger partial charge in [-0.1, -0.05) is 65.8 Å². The normalized spacial score (nSPS) is 24.1. The summed E-state index contributed by atoms with van der Waals surface area (Å²) in [5.41, 5.74) is 2.13. The van der Waals surface area contributed by atoms with Crippen LogP contribution < -0.4 is 0 Å². The molecule has 1 aliphatic rings. The van der Waals surface area contributed by atoms with Crippen LogP contribution in [0, 0.1) is 0 Å². The summed E-state index contributed by atoms with van der Waals surface area (Å²) in [5.74, 6) is 0. The minimum absolute atomic E-state index is 0.610. The van der Waals surface area contributed by atoms with Gasteiger partial charge in [0, 0.05) is 5.56 Å². The van der Waals surface area contributed by atoms with Gasteiger partial charge in [0.15, 0.2) is 10.5 Å². The van der Waals surface area contributed by atoms with Gasteiger partial charge in [-0.3, -0.25) is 0 Å². The van der Waals surface area contributed by atoms with Crippen molar-refractivity contribution in [3.63, 3.8) is 0 Å². The molecule has 0 aliphatic carbocycles. The van der Waals surface area contributed by atoms with Gasteiger partial charge < -0.3 is 4.84 Å². The topological polar surface area (TPSA) is 21.6 Å². The summed E-state index contributed by atoms with van der Waals surface area (Å²) in [6.07, 6.45) is 0. The quantitative estimate of drug-likeness (QED) is 0.753. The largest absolute Gasteiger partial charge is 0.387 e. The zero-order chi connectivity index (χ0) is 14.2. The van der Waals surface area contributed by atoms with Crippen LogP contribution in [0.4, 0.5) is 0 Å². The van der Waals surface area contributed by atoms with Crippen LogP contribution in [0.25, 0.3) is 0 Å². The molecule has 1 heterocycles. The van der Waals surface area contributed by atoms with Gasteiger partial charge in [-0.15, -0.1) is 11.6 Å². The molecular formula is C17H16ClNO. The Morgan fingerprint density at radius 3 is 2.05 bits per heavy atom. The summed E-state index contributed by atoms with van der Waals surface area (Å²) < 4.78 is 0. The van der Waals surface area contributed by atoms with E-state index < -0.39 is 10.5 Å². The Kier molecular flexibility index (Phi) is 3.06.